The van der Waals surface area contributed by atoms with Gasteiger partial charge >= 0.3 is 0 Å². The van der Waals surface area contributed by atoms with Gasteiger partial charge in [-0.15, -0.1) is 11.3 Å². The summed E-state index contributed by atoms with van der Waals surface area (Å²) >= 11 is 1.39. The molecule has 0 radical (unpaired) electrons. The van der Waals surface area contributed by atoms with Crippen molar-refractivity contribution in [3.05, 3.63) is 35.2 Å². The number of amides is 2. The second-order valence-corrected chi connectivity index (χ2v) is 6.45. The highest BCUT2D eigenvalue weighted by Crippen LogP contribution is 2.25. The van der Waals surface area contributed by atoms with Crippen LogP contribution < -0.4 is 16.4 Å². The monoisotopic (exact) mass is 346 g/mol. The number of hydrogen-bond acceptors (Lipinski definition) is 5. The first-order valence-corrected chi connectivity index (χ1v) is 8.67. The molecule has 0 spiro atoms. The molecule has 4 N–H and O–H groups in total. The van der Waals surface area contributed by atoms with Crippen molar-refractivity contribution >= 4 is 28.3 Å². The van der Waals surface area contributed by atoms with Gasteiger partial charge in [-0.05, 0) is 12.0 Å². The van der Waals surface area contributed by atoms with Gasteiger partial charge in [0.25, 0.3) is 0 Å². The third kappa shape index (κ3) is 5.14. The number of carbonyl (C=O) groups excluding carboxylic acids is 2. The van der Waals surface area contributed by atoms with E-state index in [0.29, 0.717) is 18.2 Å². The summed E-state index contributed by atoms with van der Waals surface area (Å²) in [6, 6.07) is 8.02. The van der Waals surface area contributed by atoms with Gasteiger partial charge in [0.05, 0.1) is 5.69 Å². The molecule has 0 bridgehead atoms. The molecule has 0 aliphatic heterocycles. The zero-order valence-corrected chi connectivity index (χ0v) is 14.7. The minimum Gasteiger partial charge on any atom is -0.356 e. The van der Waals surface area contributed by atoms with Crippen molar-refractivity contribution < 1.29 is 9.59 Å². The van der Waals surface area contributed by atoms with Crippen molar-refractivity contribution in [1.82, 2.24) is 10.3 Å². The largest absolute Gasteiger partial charge is 0.356 e. The molecular formula is C17H22N4O2S. The molecule has 2 aromatic rings. The fourth-order valence-electron chi connectivity index (χ4n) is 2.02. The molecule has 24 heavy (non-hydrogen) atoms. The number of aromatic nitrogens is 1. The summed E-state index contributed by atoms with van der Waals surface area (Å²) in [6.07, 6.45) is 0.787. The molecule has 6 nitrogen and oxygen atoms in total. The van der Waals surface area contributed by atoms with Gasteiger partial charge in [-0.1, -0.05) is 31.2 Å². The van der Waals surface area contributed by atoms with Crippen molar-refractivity contribution in [3.63, 3.8) is 0 Å². The summed E-state index contributed by atoms with van der Waals surface area (Å²) in [5.74, 6) is -0.375. The Morgan fingerprint density at radius 3 is 2.62 bits per heavy atom. The first-order valence-electron chi connectivity index (χ1n) is 7.79. The maximum Gasteiger partial charge on any atom is 0.230 e. The van der Waals surface area contributed by atoms with Gasteiger partial charge in [-0.2, -0.15) is 0 Å². The Morgan fingerprint density at radius 1 is 1.29 bits per heavy atom. The van der Waals surface area contributed by atoms with E-state index < -0.39 is 0 Å². The molecule has 1 unspecified atom stereocenters. The number of anilines is 1. The third-order valence-corrected chi connectivity index (χ3v) is 4.33. The number of hydrogen-bond donors (Lipinski definition) is 3. The van der Waals surface area contributed by atoms with Crippen LogP contribution in [-0.2, 0) is 16.0 Å². The average molecular weight is 346 g/mol. The van der Waals surface area contributed by atoms with E-state index >= 15 is 0 Å². The van der Waals surface area contributed by atoms with Crippen LogP contribution in [0.1, 0.15) is 19.4 Å². The Kier molecular flexibility index (Phi) is 6.45. The molecule has 0 fully saturated rings. The Labute approximate surface area is 145 Å². The number of carbonyl (C=O) groups is 2. The molecule has 1 heterocycles. The standard InChI is InChI=1S/C17H22N4O2S/c1-11(9-18)16(23)21-17-20-15(10-24-17)14-5-3-13(4-6-14)7-8-19-12(2)22/h3-6,10-11H,7-9,18H2,1-2H3,(H,19,22)(H,20,21,23). The zero-order valence-electron chi connectivity index (χ0n) is 13.8. The minimum atomic E-state index is -0.236. The van der Waals surface area contributed by atoms with Gasteiger partial charge in [-0.25, -0.2) is 4.98 Å². The van der Waals surface area contributed by atoms with Gasteiger partial charge in [0.1, 0.15) is 0 Å². The maximum absolute atomic E-state index is 11.8. The summed E-state index contributed by atoms with van der Waals surface area (Å²) in [5, 5.41) is 8.04. The predicted octanol–water partition coefficient (Wildman–Crippen LogP) is 2.02. The van der Waals surface area contributed by atoms with E-state index in [1.165, 1.54) is 18.3 Å². The Balaban J connectivity index is 1.97. The van der Waals surface area contributed by atoms with E-state index in [9.17, 15) is 9.59 Å². The minimum absolute atomic E-state index is 0.0207. The maximum atomic E-state index is 11.8. The van der Waals surface area contributed by atoms with Crippen LogP contribution in [0.4, 0.5) is 5.13 Å². The van der Waals surface area contributed by atoms with Gasteiger partial charge in [-0.3, -0.25) is 9.59 Å². The highest BCUT2D eigenvalue weighted by Gasteiger charge is 2.13. The van der Waals surface area contributed by atoms with E-state index in [1.54, 1.807) is 6.92 Å². The van der Waals surface area contributed by atoms with Gasteiger partial charge in [0.2, 0.25) is 11.8 Å². The smallest absolute Gasteiger partial charge is 0.230 e. The van der Waals surface area contributed by atoms with Crippen LogP contribution in [0, 0.1) is 5.92 Å². The lowest BCUT2D eigenvalue weighted by molar-refractivity contribution is -0.119. The van der Waals surface area contributed by atoms with Gasteiger partial charge in [0, 0.05) is 36.9 Å². The lowest BCUT2D eigenvalue weighted by Crippen LogP contribution is -2.26. The molecule has 0 saturated carbocycles. The van der Waals surface area contributed by atoms with Crippen LogP contribution in [0.15, 0.2) is 29.6 Å². The Morgan fingerprint density at radius 2 is 2.00 bits per heavy atom. The van der Waals surface area contributed by atoms with E-state index in [-0.39, 0.29) is 17.7 Å². The summed E-state index contributed by atoms with van der Waals surface area (Å²) in [5.41, 5.74) is 8.44. The van der Waals surface area contributed by atoms with Crippen molar-refractivity contribution in [3.8, 4) is 11.3 Å². The first kappa shape index (κ1) is 18.1. The molecule has 0 aliphatic carbocycles. The fourth-order valence-corrected chi connectivity index (χ4v) is 2.75. The molecule has 7 heteroatoms. The molecule has 2 rings (SSSR count). The number of nitrogens with two attached hydrogens (primary N) is 1. The molecule has 1 aromatic carbocycles. The van der Waals surface area contributed by atoms with Gasteiger partial charge in [0.15, 0.2) is 5.13 Å². The Hall–Kier alpha value is -2.25. The molecule has 0 aliphatic rings. The molecule has 0 saturated heterocycles. The summed E-state index contributed by atoms with van der Waals surface area (Å²) < 4.78 is 0. The van der Waals surface area contributed by atoms with Crippen molar-refractivity contribution in [2.75, 3.05) is 18.4 Å². The number of thiazole rings is 1. The predicted molar refractivity (Wildman–Crippen MR) is 96.8 cm³/mol. The second-order valence-electron chi connectivity index (χ2n) is 5.59. The average Bonchev–Trinajstić information content (AvgIpc) is 3.02. The topological polar surface area (TPSA) is 97.1 Å². The van der Waals surface area contributed by atoms with Gasteiger partial charge < -0.3 is 16.4 Å². The lowest BCUT2D eigenvalue weighted by atomic mass is 10.1. The van der Waals surface area contributed by atoms with Crippen LogP contribution in [0.2, 0.25) is 0 Å². The second kappa shape index (κ2) is 8.56. The van der Waals surface area contributed by atoms with Crippen molar-refractivity contribution in [2.24, 2.45) is 11.7 Å². The molecule has 128 valence electrons. The molecule has 2 amide bonds. The highest BCUT2D eigenvalue weighted by atomic mass is 32.1. The van der Waals surface area contributed by atoms with Crippen LogP contribution in [0.3, 0.4) is 0 Å². The third-order valence-electron chi connectivity index (χ3n) is 3.57. The quantitative estimate of drug-likeness (QED) is 0.714. The Bertz CT molecular complexity index is 697. The first-order chi connectivity index (χ1) is 11.5. The number of rotatable bonds is 7. The normalized spacial score (nSPS) is 11.8. The fraction of sp³-hybridized carbons (Fsp3) is 0.353. The molecule has 1 atom stereocenters. The highest BCUT2D eigenvalue weighted by molar-refractivity contribution is 7.14. The van der Waals surface area contributed by atoms with E-state index in [2.05, 4.69) is 15.6 Å². The number of benzene rings is 1. The number of nitrogens with zero attached hydrogens (tertiary/aromatic N) is 1. The van der Waals surface area contributed by atoms with Crippen LogP contribution in [0.5, 0.6) is 0 Å². The molecular weight excluding hydrogens is 324 g/mol. The summed E-state index contributed by atoms with van der Waals surface area (Å²) in [7, 11) is 0. The van der Waals surface area contributed by atoms with E-state index in [4.69, 9.17) is 5.73 Å². The summed E-state index contributed by atoms with van der Waals surface area (Å²) in [4.78, 5) is 27.1. The van der Waals surface area contributed by atoms with E-state index in [1.807, 2.05) is 29.6 Å². The molecule has 1 aromatic heterocycles. The number of nitrogens with one attached hydrogen (secondary N) is 2. The van der Waals surface area contributed by atoms with Crippen LogP contribution in [-0.4, -0.2) is 29.9 Å². The summed E-state index contributed by atoms with van der Waals surface area (Å²) in [6.45, 7) is 4.23. The van der Waals surface area contributed by atoms with Crippen LogP contribution in [0.25, 0.3) is 11.3 Å². The van der Waals surface area contributed by atoms with Crippen molar-refractivity contribution in [1.29, 1.82) is 0 Å². The van der Waals surface area contributed by atoms with Crippen LogP contribution >= 0.6 is 11.3 Å². The zero-order chi connectivity index (χ0) is 17.5. The van der Waals surface area contributed by atoms with E-state index in [0.717, 1.165) is 23.2 Å². The SMILES string of the molecule is CC(=O)NCCc1ccc(-c2csc(NC(=O)C(C)CN)n2)cc1. The van der Waals surface area contributed by atoms with Crippen molar-refractivity contribution in [2.45, 2.75) is 20.3 Å². The lowest BCUT2D eigenvalue weighted by Gasteiger charge is -2.06.